The zero-order chi connectivity index (χ0) is 11.4. The fraction of sp³-hybridized carbons (Fsp3) is 0.200. The molecule has 0 amide bonds. The molecule has 0 aliphatic carbocycles. The second-order valence-electron chi connectivity index (χ2n) is 3.92. The molecule has 0 heterocycles. The Morgan fingerprint density at radius 2 is 1.44 bits per heavy atom. The molecule has 16 heavy (non-hydrogen) atoms. The molecule has 0 saturated heterocycles. The number of hydrogen-bond donors (Lipinski definition) is 0. The van der Waals surface area contributed by atoms with E-state index in [0.717, 1.165) is 6.42 Å². The Balaban J connectivity index is 2.33. The first-order valence-electron chi connectivity index (χ1n) is 5.61. The molecule has 1 unspecified atom stereocenters. The second-order valence-corrected chi connectivity index (χ2v) is 3.92. The molecular weight excluding hydrogens is 199 g/mol. The van der Waals surface area contributed by atoms with E-state index in [9.17, 15) is 4.39 Å². The van der Waals surface area contributed by atoms with Crippen LogP contribution in [0.15, 0.2) is 54.6 Å². The molecule has 0 nitrogen and oxygen atoms in total. The molecule has 0 spiro atoms. The second kappa shape index (κ2) is 4.93. The van der Waals surface area contributed by atoms with Crippen LogP contribution in [-0.4, -0.2) is 0 Å². The fourth-order valence-corrected chi connectivity index (χ4v) is 2.04. The highest BCUT2D eigenvalue weighted by Crippen LogP contribution is 2.27. The maximum atomic E-state index is 12.9. The average molecular weight is 214 g/mol. The minimum absolute atomic E-state index is 0.174. The molecule has 1 heteroatoms. The highest BCUT2D eigenvalue weighted by molar-refractivity contribution is 5.32. The lowest BCUT2D eigenvalue weighted by molar-refractivity contribution is 0.625. The zero-order valence-electron chi connectivity index (χ0n) is 9.36. The van der Waals surface area contributed by atoms with Crippen molar-refractivity contribution in [2.75, 3.05) is 0 Å². The first-order chi connectivity index (χ1) is 7.81. The molecule has 0 radical (unpaired) electrons. The molecule has 82 valence electrons. The van der Waals surface area contributed by atoms with Gasteiger partial charge in [0.25, 0.3) is 0 Å². The SMILES string of the molecule is CCC(c1ccccc1)c1ccc(F)cc1. The van der Waals surface area contributed by atoms with Crippen LogP contribution in [0.3, 0.4) is 0 Å². The quantitative estimate of drug-likeness (QED) is 0.711. The Morgan fingerprint density at radius 1 is 0.875 bits per heavy atom. The van der Waals surface area contributed by atoms with Crippen LogP contribution in [0.2, 0.25) is 0 Å². The molecule has 2 rings (SSSR count). The summed E-state index contributed by atoms with van der Waals surface area (Å²) in [6.45, 7) is 2.15. The molecular formula is C15H15F. The summed E-state index contributed by atoms with van der Waals surface area (Å²) in [5.41, 5.74) is 2.46. The minimum atomic E-state index is -0.174. The standard InChI is InChI=1S/C15H15F/c1-2-15(12-6-4-3-5-7-12)13-8-10-14(16)11-9-13/h3-11,15H,2H2,1H3. The Hall–Kier alpha value is -1.63. The van der Waals surface area contributed by atoms with Crippen LogP contribution in [0.5, 0.6) is 0 Å². The van der Waals surface area contributed by atoms with Gasteiger partial charge in [0.1, 0.15) is 5.82 Å². The van der Waals surface area contributed by atoms with Gasteiger partial charge in [-0.15, -0.1) is 0 Å². The molecule has 0 aliphatic rings. The van der Waals surface area contributed by atoms with Crippen LogP contribution in [-0.2, 0) is 0 Å². The van der Waals surface area contributed by atoms with Crippen molar-refractivity contribution in [2.24, 2.45) is 0 Å². The number of rotatable bonds is 3. The van der Waals surface area contributed by atoms with Crippen molar-refractivity contribution >= 4 is 0 Å². The highest BCUT2D eigenvalue weighted by atomic mass is 19.1. The minimum Gasteiger partial charge on any atom is -0.207 e. The summed E-state index contributed by atoms with van der Waals surface area (Å²) in [6, 6.07) is 17.1. The Bertz CT molecular complexity index is 431. The van der Waals surface area contributed by atoms with Crippen LogP contribution in [0, 0.1) is 5.82 Å². The Morgan fingerprint density at radius 3 is 2.00 bits per heavy atom. The van der Waals surface area contributed by atoms with Crippen molar-refractivity contribution in [2.45, 2.75) is 19.3 Å². The lowest BCUT2D eigenvalue weighted by Crippen LogP contribution is -1.99. The maximum Gasteiger partial charge on any atom is 0.123 e. The molecule has 2 aromatic carbocycles. The van der Waals surface area contributed by atoms with Gasteiger partial charge >= 0.3 is 0 Å². The lowest BCUT2D eigenvalue weighted by Gasteiger charge is -2.15. The van der Waals surface area contributed by atoms with E-state index in [1.165, 1.54) is 23.3 Å². The van der Waals surface area contributed by atoms with E-state index < -0.39 is 0 Å². The van der Waals surface area contributed by atoms with Crippen molar-refractivity contribution in [1.82, 2.24) is 0 Å². The summed E-state index contributed by atoms with van der Waals surface area (Å²) < 4.78 is 12.9. The first kappa shape index (κ1) is 10.9. The highest BCUT2D eigenvalue weighted by Gasteiger charge is 2.11. The third-order valence-electron chi connectivity index (χ3n) is 2.88. The summed E-state index contributed by atoms with van der Waals surface area (Å²) in [5, 5.41) is 0. The van der Waals surface area contributed by atoms with Gasteiger partial charge in [-0.05, 0) is 29.7 Å². The molecule has 0 aliphatic heterocycles. The van der Waals surface area contributed by atoms with E-state index in [0.29, 0.717) is 5.92 Å². The van der Waals surface area contributed by atoms with Crippen LogP contribution < -0.4 is 0 Å². The summed E-state index contributed by atoms with van der Waals surface area (Å²) in [7, 11) is 0. The van der Waals surface area contributed by atoms with Crippen LogP contribution in [0.25, 0.3) is 0 Å². The van der Waals surface area contributed by atoms with E-state index in [-0.39, 0.29) is 5.82 Å². The number of hydrogen-bond acceptors (Lipinski definition) is 0. The number of halogens is 1. The summed E-state index contributed by atoms with van der Waals surface area (Å²) in [5.74, 6) is 0.188. The smallest absolute Gasteiger partial charge is 0.123 e. The molecule has 0 aromatic heterocycles. The summed E-state index contributed by atoms with van der Waals surface area (Å²) >= 11 is 0. The molecule has 1 atom stereocenters. The lowest BCUT2D eigenvalue weighted by atomic mass is 9.89. The predicted octanol–water partition coefficient (Wildman–Crippen LogP) is 4.37. The van der Waals surface area contributed by atoms with E-state index in [4.69, 9.17) is 0 Å². The third-order valence-corrected chi connectivity index (χ3v) is 2.88. The van der Waals surface area contributed by atoms with Gasteiger partial charge in [-0.2, -0.15) is 0 Å². The van der Waals surface area contributed by atoms with Crippen LogP contribution in [0.4, 0.5) is 4.39 Å². The van der Waals surface area contributed by atoms with Gasteiger partial charge in [0.15, 0.2) is 0 Å². The van der Waals surface area contributed by atoms with Crippen molar-refractivity contribution in [3.8, 4) is 0 Å². The van der Waals surface area contributed by atoms with Gasteiger partial charge in [0.2, 0.25) is 0 Å². The topological polar surface area (TPSA) is 0 Å². The van der Waals surface area contributed by atoms with Gasteiger partial charge < -0.3 is 0 Å². The van der Waals surface area contributed by atoms with Gasteiger partial charge in [-0.3, -0.25) is 0 Å². The van der Waals surface area contributed by atoms with Crippen LogP contribution in [0.1, 0.15) is 30.4 Å². The van der Waals surface area contributed by atoms with Crippen molar-refractivity contribution in [1.29, 1.82) is 0 Å². The Labute approximate surface area is 95.7 Å². The van der Waals surface area contributed by atoms with Crippen molar-refractivity contribution in [3.05, 3.63) is 71.5 Å². The maximum absolute atomic E-state index is 12.9. The Kier molecular flexibility index (Phi) is 3.35. The van der Waals surface area contributed by atoms with Crippen molar-refractivity contribution < 1.29 is 4.39 Å². The predicted molar refractivity (Wildman–Crippen MR) is 65.0 cm³/mol. The molecule has 0 N–H and O–H groups in total. The fourth-order valence-electron chi connectivity index (χ4n) is 2.04. The van der Waals surface area contributed by atoms with Crippen LogP contribution >= 0.6 is 0 Å². The molecule has 0 bridgehead atoms. The molecule has 2 aromatic rings. The van der Waals surface area contributed by atoms with Gasteiger partial charge in [0, 0.05) is 5.92 Å². The van der Waals surface area contributed by atoms with Gasteiger partial charge in [0.05, 0.1) is 0 Å². The number of benzene rings is 2. The van der Waals surface area contributed by atoms with Crippen molar-refractivity contribution in [3.63, 3.8) is 0 Å². The monoisotopic (exact) mass is 214 g/mol. The van der Waals surface area contributed by atoms with Gasteiger partial charge in [-0.25, -0.2) is 4.39 Å². The van der Waals surface area contributed by atoms with Gasteiger partial charge in [-0.1, -0.05) is 49.4 Å². The average Bonchev–Trinajstić information content (AvgIpc) is 2.34. The van der Waals surface area contributed by atoms with E-state index in [2.05, 4.69) is 19.1 Å². The summed E-state index contributed by atoms with van der Waals surface area (Å²) in [6.07, 6.45) is 1.02. The summed E-state index contributed by atoms with van der Waals surface area (Å²) in [4.78, 5) is 0. The molecule has 0 saturated carbocycles. The third kappa shape index (κ3) is 2.30. The zero-order valence-corrected chi connectivity index (χ0v) is 9.36. The largest absolute Gasteiger partial charge is 0.207 e. The van der Waals surface area contributed by atoms with E-state index in [1.807, 2.05) is 30.3 Å². The normalized spacial score (nSPS) is 12.4. The molecule has 0 fully saturated rings. The van der Waals surface area contributed by atoms with E-state index in [1.54, 1.807) is 0 Å². The first-order valence-corrected chi connectivity index (χ1v) is 5.61. The van der Waals surface area contributed by atoms with E-state index >= 15 is 0 Å².